The highest BCUT2D eigenvalue weighted by Gasteiger charge is 2.04. The van der Waals surface area contributed by atoms with Crippen molar-refractivity contribution in [1.29, 1.82) is 0 Å². The van der Waals surface area contributed by atoms with E-state index in [-0.39, 0.29) is 12.2 Å². The number of rotatable bonds is 2. The third-order valence-corrected chi connectivity index (χ3v) is 1.43. The number of nitrogens with zero attached hydrogens (tertiary/aromatic N) is 2. The minimum Gasteiger partial charge on any atom is -0.369 e. The van der Waals surface area contributed by atoms with E-state index in [9.17, 15) is 14.9 Å². The summed E-state index contributed by atoms with van der Waals surface area (Å²) in [5.74, 6) is 4.36. The van der Waals surface area contributed by atoms with Crippen LogP contribution in [0.5, 0.6) is 0 Å². The van der Waals surface area contributed by atoms with Gasteiger partial charge in [-0.15, -0.1) is 0 Å². The summed E-state index contributed by atoms with van der Waals surface area (Å²) in [5.41, 5.74) is 5.38. The summed E-state index contributed by atoms with van der Waals surface area (Å²) in [6, 6.07) is 2.70. The van der Waals surface area contributed by atoms with Gasteiger partial charge in [0.25, 0.3) is 0 Å². The fourth-order valence-corrected chi connectivity index (χ4v) is 0.801. The van der Waals surface area contributed by atoms with Crippen LogP contribution in [0.4, 0.5) is 5.82 Å². The molecule has 0 aromatic carbocycles. The van der Waals surface area contributed by atoms with Crippen LogP contribution in [0.1, 0.15) is 12.0 Å². The molecule has 0 unspecified atom stereocenters. The number of hydrogen-bond donors (Lipinski definition) is 1. The van der Waals surface area contributed by atoms with Crippen molar-refractivity contribution in [2.45, 2.75) is 6.42 Å². The van der Waals surface area contributed by atoms with Gasteiger partial charge < -0.3 is 15.8 Å². The molecule has 0 aliphatic rings. The Balaban J connectivity index is 2.75. The molecular formula is C9H7N3O3. The average Bonchev–Trinajstić information content (AvgIpc) is 2.18. The number of nitrogens with two attached hydrogens (primary N) is 1. The van der Waals surface area contributed by atoms with E-state index in [1.165, 1.54) is 18.3 Å². The minimum absolute atomic E-state index is 0.0447. The molecule has 2 N–H and O–H groups in total. The molecule has 0 radical (unpaired) electrons. The van der Waals surface area contributed by atoms with Crippen LogP contribution >= 0.6 is 0 Å². The maximum atomic E-state index is 10.3. The standard InChI is InChI=1S/C9H7N3O3/c10-8(13)3-1-2-7-4-5-9(11-6-7)12(14)15/h4-6H,3H2,(H2,10,13). The highest BCUT2D eigenvalue weighted by atomic mass is 16.6. The van der Waals surface area contributed by atoms with E-state index in [0.717, 1.165) is 0 Å². The maximum Gasteiger partial charge on any atom is 0.363 e. The molecule has 0 fully saturated rings. The summed E-state index contributed by atoms with van der Waals surface area (Å²) in [4.78, 5) is 23.6. The van der Waals surface area contributed by atoms with Gasteiger partial charge in [0, 0.05) is 6.07 Å². The Morgan fingerprint density at radius 2 is 2.33 bits per heavy atom. The van der Waals surface area contributed by atoms with Gasteiger partial charge in [-0.2, -0.15) is 0 Å². The van der Waals surface area contributed by atoms with Crippen molar-refractivity contribution in [2.24, 2.45) is 5.73 Å². The molecule has 6 heteroatoms. The average molecular weight is 205 g/mol. The van der Waals surface area contributed by atoms with Gasteiger partial charge in [0.2, 0.25) is 5.91 Å². The van der Waals surface area contributed by atoms with Crippen molar-refractivity contribution >= 4 is 11.7 Å². The fraction of sp³-hybridized carbons (Fsp3) is 0.111. The third-order valence-electron chi connectivity index (χ3n) is 1.43. The first-order valence-corrected chi connectivity index (χ1v) is 3.97. The summed E-state index contributed by atoms with van der Waals surface area (Å²) in [6.45, 7) is 0. The molecule has 1 heterocycles. The molecule has 0 bridgehead atoms. The van der Waals surface area contributed by atoms with E-state index in [4.69, 9.17) is 5.73 Å². The van der Waals surface area contributed by atoms with E-state index < -0.39 is 10.8 Å². The lowest BCUT2D eigenvalue weighted by Gasteiger charge is -1.90. The number of hydrogen-bond acceptors (Lipinski definition) is 4. The number of amides is 1. The van der Waals surface area contributed by atoms with Gasteiger partial charge in [0.1, 0.15) is 0 Å². The van der Waals surface area contributed by atoms with Crippen LogP contribution in [0.3, 0.4) is 0 Å². The summed E-state index contributed by atoms with van der Waals surface area (Å²) < 4.78 is 0. The monoisotopic (exact) mass is 205 g/mol. The van der Waals surface area contributed by atoms with Gasteiger partial charge in [-0.3, -0.25) is 4.79 Å². The maximum absolute atomic E-state index is 10.3. The van der Waals surface area contributed by atoms with Crippen LogP contribution in [-0.2, 0) is 4.79 Å². The summed E-state index contributed by atoms with van der Waals surface area (Å²) in [7, 11) is 0. The normalized spacial score (nSPS) is 8.80. The molecule has 0 atom stereocenters. The van der Waals surface area contributed by atoms with Gasteiger partial charge in [-0.05, 0) is 16.0 Å². The van der Waals surface area contributed by atoms with Crippen molar-refractivity contribution in [2.75, 3.05) is 0 Å². The molecule has 1 rings (SSSR count). The largest absolute Gasteiger partial charge is 0.369 e. The van der Waals surface area contributed by atoms with Crippen LogP contribution in [0, 0.1) is 22.0 Å². The predicted octanol–water partition coefficient (Wildman–Crippen LogP) is 0.217. The first-order valence-electron chi connectivity index (χ1n) is 3.97. The van der Waals surface area contributed by atoms with Gasteiger partial charge >= 0.3 is 5.82 Å². The smallest absolute Gasteiger partial charge is 0.363 e. The molecule has 0 aliphatic carbocycles. The topological polar surface area (TPSA) is 99.1 Å². The van der Waals surface area contributed by atoms with Gasteiger partial charge in [-0.25, -0.2) is 0 Å². The van der Waals surface area contributed by atoms with Gasteiger partial charge in [0.15, 0.2) is 6.20 Å². The molecule has 15 heavy (non-hydrogen) atoms. The second-order valence-electron chi connectivity index (χ2n) is 2.61. The summed E-state index contributed by atoms with van der Waals surface area (Å²) in [5, 5.41) is 10.3. The number of aromatic nitrogens is 1. The Bertz CT molecular complexity index is 442. The summed E-state index contributed by atoms with van der Waals surface area (Å²) in [6.07, 6.45) is 1.23. The van der Waals surface area contributed by atoms with Crippen molar-refractivity contribution in [3.8, 4) is 11.8 Å². The molecule has 0 saturated heterocycles. The van der Waals surface area contributed by atoms with Crippen LogP contribution in [-0.4, -0.2) is 15.8 Å². The molecule has 6 nitrogen and oxygen atoms in total. The zero-order valence-electron chi connectivity index (χ0n) is 7.64. The molecule has 1 aromatic rings. The van der Waals surface area contributed by atoms with Gasteiger partial charge in [-0.1, -0.05) is 11.8 Å². The van der Waals surface area contributed by atoms with Crippen LogP contribution < -0.4 is 5.73 Å². The fourth-order valence-electron chi connectivity index (χ4n) is 0.801. The molecule has 0 spiro atoms. The van der Waals surface area contributed by atoms with Crippen molar-refractivity contribution in [3.63, 3.8) is 0 Å². The van der Waals surface area contributed by atoms with Crippen molar-refractivity contribution < 1.29 is 9.72 Å². The number of nitro groups is 1. The number of primary amides is 1. The van der Waals surface area contributed by atoms with Crippen LogP contribution in [0.15, 0.2) is 18.3 Å². The Morgan fingerprint density at radius 1 is 1.60 bits per heavy atom. The van der Waals surface area contributed by atoms with Crippen LogP contribution in [0.25, 0.3) is 0 Å². The van der Waals surface area contributed by atoms with Crippen LogP contribution in [0.2, 0.25) is 0 Å². The zero-order chi connectivity index (χ0) is 11.3. The highest BCUT2D eigenvalue weighted by molar-refractivity contribution is 5.76. The van der Waals surface area contributed by atoms with E-state index in [2.05, 4.69) is 16.8 Å². The molecule has 0 aliphatic heterocycles. The molecule has 0 saturated carbocycles. The number of carbonyl (C=O) groups excluding carboxylic acids is 1. The second kappa shape index (κ2) is 4.72. The van der Waals surface area contributed by atoms with Gasteiger partial charge in [0.05, 0.1) is 12.0 Å². The van der Waals surface area contributed by atoms with E-state index in [1.807, 2.05) is 0 Å². The molecule has 1 aromatic heterocycles. The highest BCUT2D eigenvalue weighted by Crippen LogP contribution is 2.06. The van der Waals surface area contributed by atoms with E-state index in [0.29, 0.717) is 5.56 Å². The predicted molar refractivity (Wildman–Crippen MR) is 51.6 cm³/mol. The Kier molecular flexibility index (Phi) is 3.35. The number of pyridine rings is 1. The Labute approximate surface area is 85.3 Å². The van der Waals surface area contributed by atoms with Crippen molar-refractivity contribution in [3.05, 3.63) is 34.0 Å². The first kappa shape index (κ1) is 10.7. The molecular weight excluding hydrogens is 198 g/mol. The van der Waals surface area contributed by atoms with Crippen molar-refractivity contribution in [1.82, 2.24) is 4.98 Å². The number of carbonyl (C=O) groups is 1. The molecule has 76 valence electrons. The third kappa shape index (κ3) is 3.44. The zero-order valence-corrected chi connectivity index (χ0v) is 7.64. The lowest BCUT2D eigenvalue weighted by Crippen LogP contribution is -2.08. The minimum atomic E-state index is -0.597. The second-order valence-corrected chi connectivity index (χ2v) is 2.61. The van der Waals surface area contributed by atoms with E-state index in [1.54, 1.807) is 0 Å². The molecule has 1 amide bonds. The quantitative estimate of drug-likeness (QED) is 0.424. The van der Waals surface area contributed by atoms with E-state index >= 15 is 0 Å². The lowest BCUT2D eigenvalue weighted by molar-refractivity contribution is -0.389. The first-order chi connectivity index (χ1) is 7.09. The SMILES string of the molecule is NC(=O)CC#Cc1ccc([N+](=O)[O-])nc1. The Hall–Kier alpha value is -2.42. The Morgan fingerprint density at radius 3 is 2.80 bits per heavy atom. The lowest BCUT2D eigenvalue weighted by atomic mass is 10.2. The summed E-state index contributed by atoms with van der Waals surface area (Å²) >= 11 is 0.